The minimum Gasteiger partial charge on any atom is -0.384 e. The maximum Gasteiger partial charge on any atom is 0.225 e. The van der Waals surface area contributed by atoms with Gasteiger partial charge < -0.3 is 10.5 Å². The van der Waals surface area contributed by atoms with Crippen molar-refractivity contribution in [3.8, 4) is 0 Å². The molecule has 0 saturated heterocycles. The van der Waals surface area contributed by atoms with Crippen molar-refractivity contribution in [2.24, 2.45) is 5.73 Å². The predicted molar refractivity (Wildman–Crippen MR) is 78.8 cm³/mol. The van der Waals surface area contributed by atoms with Crippen LogP contribution in [0.1, 0.15) is 22.8 Å². The predicted octanol–water partition coefficient (Wildman–Crippen LogP) is 0.852. The molecular formula is C15H20N4O2. The van der Waals surface area contributed by atoms with E-state index in [2.05, 4.69) is 29.1 Å². The SMILES string of the molecule is COCCc1nc(CC(N)=O)nn1Cc1cccc(C)c1. The number of benzene rings is 1. The lowest BCUT2D eigenvalue weighted by molar-refractivity contribution is -0.117. The summed E-state index contributed by atoms with van der Waals surface area (Å²) < 4.78 is 6.90. The molecule has 0 radical (unpaired) electrons. The third kappa shape index (κ3) is 4.39. The van der Waals surface area contributed by atoms with Gasteiger partial charge >= 0.3 is 0 Å². The van der Waals surface area contributed by atoms with Crippen LogP contribution < -0.4 is 5.73 Å². The number of ether oxygens (including phenoxy) is 1. The first-order valence-corrected chi connectivity index (χ1v) is 6.84. The molecule has 0 unspecified atom stereocenters. The highest BCUT2D eigenvalue weighted by atomic mass is 16.5. The van der Waals surface area contributed by atoms with E-state index in [0.717, 1.165) is 11.4 Å². The Morgan fingerprint density at radius 3 is 2.90 bits per heavy atom. The van der Waals surface area contributed by atoms with E-state index in [0.29, 0.717) is 25.4 Å². The van der Waals surface area contributed by atoms with Gasteiger partial charge in [0.1, 0.15) is 5.82 Å². The van der Waals surface area contributed by atoms with Crippen LogP contribution in [0.5, 0.6) is 0 Å². The monoisotopic (exact) mass is 288 g/mol. The maximum atomic E-state index is 11.0. The Hall–Kier alpha value is -2.21. The minimum absolute atomic E-state index is 0.0563. The minimum atomic E-state index is -0.430. The van der Waals surface area contributed by atoms with Crippen LogP contribution in [0.4, 0.5) is 0 Å². The summed E-state index contributed by atoms with van der Waals surface area (Å²) in [6.45, 7) is 3.23. The lowest BCUT2D eigenvalue weighted by Crippen LogP contribution is -2.15. The van der Waals surface area contributed by atoms with Crippen LogP contribution in [0.25, 0.3) is 0 Å². The molecule has 6 nitrogen and oxygen atoms in total. The van der Waals surface area contributed by atoms with Crippen molar-refractivity contribution in [2.75, 3.05) is 13.7 Å². The van der Waals surface area contributed by atoms with E-state index in [9.17, 15) is 4.79 Å². The molecule has 0 bridgehead atoms. The van der Waals surface area contributed by atoms with E-state index in [1.165, 1.54) is 5.56 Å². The Labute approximate surface area is 123 Å². The van der Waals surface area contributed by atoms with E-state index < -0.39 is 5.91 Å². The van der Waals surface area contributed by atoms with Crippen LogP contribution in [-0.2, 0) is 28.9 Å². The summed E-state index contributed by atoms with van der Waals surface area (Å²) in [6.07, 6.45) is 0.703. The van der Waals surface area contributed by atoms with Gasteiger partial charge in [-0.25, -0.2) is 9.67 Å². The molecule has 0 aliphatic heterocycles. The number of aryl methyl sites for hydroxylation is 1. The fourth-order valence-corrected chi connectivity index (χ4v) is 2.15. The topological polar surface area (TPSA) is 83.0 Å². The molecule has 0 atom stereocenters. The zero-order valence-corrected chi connectivity index (χ0v) is 12.4. The highest BCUT2D eigenvalue weighted by Crippen LogP contribution is 2.09. The summed E-state index contributed by atoms with van der Waals surface area (Å²) in [4.78, 5) is 15.4. The van der Waals surface area contributed by atoms with Gasteiger partial charge in [0.05, 0.1) is 19.6 Å². The van der Waals surface area contributed by atoms with Gasteiger partial charge in [-0.3, -0.25) is 4.79 Å². The quantitative estimate of drug-likeness (QED) is 0.819. The molecular weight excluding hydrogens is 268 g/mol. The lowest BCUT2D eigenvalue weighted by atomic mass is 10.1. The molecule has 1 heterocycles. The summed E-state index contributed by atoms with van der Waals surface area (Å²) in [6, 6.07) is 8.22. The van der Waals surface area contributed by atoms with Crippen LogP contribution in [0, 0.1) is 6.92 Å². The third-order valence-electron chi connectivity index (χ3n) is 3.07. The average molecular weight is 288 g/mol. The number of nitrogens with zero attached hydrogens (tertiary/aromatic N) is 3. The van der Waals surface area contributed by atoms with Crippen molar-refractivity contribution >= 4 is 5.91 Å². The van der Waals surface area contributed by atoms with Gasteiger partial charge in [-0.05, 0) is 12.5 Å². The molecule has 0 fully saturated rings. The Morgan fingerprint density at radius 1 is 1.43 bits per heavy atom. The van der Waals surface area contributed by atoms with Gasteiger partial charge in [0, 0.05) is 13.5 Å². The molecule has 0 aliphatic carbocycles. The molecule has 0 spiro atoms. The first kappa shape index (κ1) is 15.2. The molecule has 2 N–H and O–H groups in total. The number of nitrogens with two attached hydrogens (primary N) is 1. The fourth-order valence-electron chi connectivity index (χ4n) is 2.15. The number of methoxy groups -OCH3 is 1. The number of amides is 1. The molecule has 6 heteroatoms. The fraction of sp³-hybridized carbons (Fsp3) is 0.400. The van der Waals surface area contributed by atoms with Crippen LogP contribution in [0.2, 0.25) is 0 Å². The number of aromatic nitrogens is 3. The van der Waals surface area contributed by atoms with Crippen LogP contribution in [0.3, 0.4) is 0 Å². The second-order valence-corrected chi connectivity index (χ2v) is 4.98. The summed E-state index contributed by atoms with van der Waals surface area (Å²) >= 11 is 0. The maximum absolute atomic E-state index is 11.0. The lowest BCUT2D eigenvalue weighted by Gasteiger charge is -2.06. The third-order valence-corrected chi connectivity index (χ3v) is 3.07. The van der Waals surface area contributed by atoms with Gasteiger partial charge in [-0.1, -0.05) is 29.8 Å². The first-order valence-electron chi connectivity index (χ1n) is 6.84. The second kappa shape index (κ2) is 6.99. The number of rotatable bonds is 7. The van der Waals surface area contributed by atoms with E-state index in [1.807, 2.05) is 16.8 Å². The molecule has 0 aliphatic rings. The summed E-state index contributed by atoms with van der Waals surface area (Å²) in [5, 5.41) is 4.38. The van der Waals surface area contributed by atoms with Gasteiger partial charge in [0.25, 0.3) is 0 Å². The van der Waals surface area contributed by atoms with Gasteiger partial charge in [0.15, 0.2) is 5.82 Å². The number of primary amides is 1. The molecule has 112 valence electrons. The Morgan fingerprint density at radius 2 is 2.24 bits per heavy atom. The molecule has 1 amide bonds. The standard InChI is InChI=1S/C15H20N4O2/c1-11-4-3-5-12(8-11)10-19-15(6-7-21-2)17-14(18-19)9-13(16)20/h3-5,8H,6-7,9-10H2,1-2H3,(H2,16,20). The number of carbonyl (C=O) groups is 1. The molecule has 21 heavy (non-hydrogen) atoms. The Bertz CT molecular complexity index is 622. The van der Waals surface area contributed by atoms with Gasteiger partial charge in [-0.15, -0.1) is 0 Å². The first-order chi connectivity index (χ1) is 10.1. The van der Waals surface area contributed by atoms with Crippen molar-refractivity contribution in [1.29, 1.82) is 0 Å². The van der Waals surface area contributed by atoms with Crippen LogP contribution in [-0.4, -0.2) is 34.4 Å². The number of hydrogen-bond acceptors (Lipinski definition) is 4. The van der Waals surface area contributed by atoms with Gasteiger partial charge in [0.2, 0.25) is 5.91 Å². The zero-order valence-electron chi connectivity index (χ0n) is 12.4. The Balaban J connectivity index is 2.22. The molecule has 0 saturated carbocycles. The smallest absolute Gasteiger partial charge is 0.225 e. The van der Waals surface area contributed by atoms with Crippen molar-refractivity contribution < 1.29 is 9.53 Å². The van der Waals surface area contributed by atoms with Crippen molar-refractivity contribution in [2.45, 2.75) is 26.3 Å². The Kier molecular flexibility index (Phi) is 5.05. The molecule has 1 aromatic heterocycles. The van der Waals surface area contributed by atoms with E-state index in [1.54, 1.807) is 7.11 Å². The van der Waals surface area contributed by atoms with Gasteiger partial charge in [-0.2, -0.15) is 5.10 Å². The normalized spacial score (nSPS) is 10.8. The highest BCUT2D eigenvalue weighted by molar-refractivity contribution is 5.75. The van der Waals surface area contributed by atoms with Crippen molar-refractivity contribution in [3.63, 3.8) is 0 Å². The van der Waals surface area contributed by atoms with Crippen molar-refractivity contribution in [1.82, 2.24) is 14.8 Å². The van der Waals surface area contributed by atoms with Crippen LogP contribution in [0.15, 0.2) is 24.3 Å². The van der Waals surface area contributed by atoms with E-state index in [4.69, 9.17) is 10.5 Å². The summed E-state index contributed by atoms with van der Waals surface area (Å²) in [5.74, 6) is 0.830. The van der Waals surface area contributed by atoms with Crippen LogP contribution >= 0.6 is 0 Å². The summed E-state index contributed by atoms with van der Waals surface area (Å²) in [7, 11) is 1.64. The highest BCUT2D eigenvalue weighted by Gasteiger charge is 2.12. The zero-order chi connectivity index (χ0) is 15.2. The molecule has 1 aromatic carbocycles. The second-order valence-electron chi connectivity index (χ2n) is 4.98. The number of carbonyl (C=O) groups excluding carboxylic acids is 1. The van der Waals surface area contributed by atoms with E-state index >= 15 is 0 Å². The van der Waals surface area contributed by atoms with E-state index in [-0.39, 0.29) is 6.42 Å². The molecule has 2 aromatic rings. The average Bonchev–Trinajstić information content (AvgIpc) is 2.77. The van der Waals surface area contributed by atoms with Crippen molar-refractivity contribution in [3.05, 3.63) is 47.0 Å². The summed E-state index contributed by atoms with van der Waals surface area (Å²) in [5.41, 5.74) is 7.54. The molecule has 2 rings (SSSR count). The number of hydrogen-bond donors (Lipinski definition) is 1. The largest absolute Gasteiger partial charge is 0.384 e.